The second-order valence-corrected chi connectivity index (χ2v) is 7.63. The highest BCUT2D eigenvalue weighted by Crippen LogP contribution is 2.24. The number of benzene rings is 1. The van der Waals surface area contributed by atoms with Gasteiger partial charge in [-0.2, -0.15) is 0 Å². The van der Waals surface area contributed by atoms with E-state index in [1.54, 1.807) is 6.07 Å². The summed E-state index contributed by atoms with van der Waals surface area (Å²) in [6.07, 6.45) is 2.32. The molecule has 2 aliphatic rings. The highest BCUT2D eigenvalue weighted by Gasteiger charge is 2.28. The maximum Gasteiger partial charge on any atom is 0.224 e. The molecule has 0 radical (unpaired) electrons. The van der Waals surface area contributed by atoms with E-state index in [-0.39, 0.29) is 17.8 Å². The summed E-state index contributed by atoms with van der Waals surface area (Å²) < 4.78 is 13.7. The Kier molecular flexibility index (Phi) is 6.36. The van der Waals surface area contributed by atoms with Crippen LogP contribution in [-0.2, 0) is 4.79 Å². The van der Waals surface area contributed by atoms with Crippen LogP contribution in [0.15, 0.2) is 48.7 Å². The Labute approximate surface area is 171 Å². The molecule has 2 aliphatic heterocycles. The minimum atomic E-state index is -0.258. The molecule has 1 N–H and O–H groups in total. The van der Waals surface area contributed by atoms with E-state index in [1.165, 1.54) is 12.1 Å². The number of nitrogens with zero attached hydrogens (tertiary/aromatic N) is 4. The van der Waals surface area contributed by atoms with Crippen molar-refractivity contribution in [1.82, 2.24) is 20.1 Å². The van der Waals surface area contributed by atoms with E-state index in [2.05, 4.69) is 20.1 Å². The molecule has 2 fully saturated rings. The molecule has 0 saturated carbocycles. The van der Waals surface area contributed by atoms with Crippen LogP contribution in [0.5, 0.6) is 0 Å². The Balaban J connectivity index is 1.30. The van der Waals surface area contributed by atoms with E-state index in [9.17, 15) is 9.18 Å². The fourth-order valence-electron chi connectivity index (χ4n) is 4.15. The van der Waals surface area contributed by atoms with E-state index >= 15 is 0 Å². The molecular weight excluding hydrogens is 369 g/mol. The number of anilines is 1. The summed E-state index contributed by atoms with van der Waals surface area (Å²) in [5.41, 5.74) is 0.856. The highest BCUT2D eigenvalue weighted by atomic mass is 19.1. The molecule has 1 unspecified atom stereocenters. The van der Waals surface area contributed by atoms with Crippen LogP contribution >= 0.6 is 0 Å². The molecule has 1 amide bonds. The zero-order chi connectivity index (χ0) is 20.1. The van der Waals surface area contributed by atoms with Gasteiger partial charge in [-0.25, -0.2) is 9.37 Å². The van der Waals surface area contributed by atoms with Crippen LogP contribution < -0.4 is 10.2 Å². The van der Waals surface area contributed by atoms with Crippen molar-refractivity contribution in [2.75, 3.05) is 57.3 Å². The average Bonchev–Trinajstić information content (AvgIpc) is 2.78. The summed E-state index contributed by atoms with van der Waals surface area (Å²) in [5, 5.41) is 3.33. The molecule has 3 heterocycles. The monoisotopic (exact) mass is 397 g/mol. The fraction of sp³-hybridized carbons (Fsp3) is 0.455. The van der Waals surface area contributed by atoms with Gasteiger partial charge in [0, 0.05) is 65.0 Å². The Morgan fingerprint density at radius 1 is 1.10 bits per heavy atom. The van der Waals surface area contributed by atoms with Crippen molar-refractivity contribution in [3.05, 3.63) is 60.0 Å². The van der Waals surface area contributed by atoms with Gasteiger partial charge in [0.05, 0.1) is 6.04 Å². The largest absolute Gasteiger partial charge is 0.354 e. The lowest BCUT2D eigenvalue weighted by Gasteiger charge is -2.38. The van der Waals surface area contributed by atoms with Gasteiger partial charge in [-0.05, 0) is 29.8 Å². The second kappa shape index (κ2) is 9.33. The first-order chi connectivity index (χ1) is 14.2. The van der Waals surface area contributed by atoms with Crippen molar-refractivity contribution in [2.45, 2.75) is 12.5 Å². The van der Waals surface area contributed by atoms with Gasteiger partial charge in [-0.15, -0.1) is 0 Å². The van der Waals surface area contributed by atoms with Gasteiger partial charge in [0.2, 0.25) is 5.91 Å². The summed E-state index contributed by atoms with van der Waals surface area (Å²) in [7, 11) is 0. The van der Waals surface area contributed by atoms with Gasteiger partial charge >= 0.3 is 0 Å². The average molecular weight is 397 g/mol. The normalized spacial score (nSPS) is 20.7. The van der Waals surface area contributed by atoms with Crippen LogP contribution in [0.2, 0.25) is 0 Å². The van der Waals surface area contributed by atoms with Gasteiger partial charge < -0.3 is 15.1 Å². The Morgan fingerprint density at radius 2 is 1.97 bits per heavy atom. The molecule has 0 bridgehead atoms. The van der Waals surface area contributed by atoms with E-state index < -0.39 is 0 Å². The number of halogens is 1. The van der Waals surface area contributed by atoms with Gasteiger partial charge in [0.25, 0.3) is 0 Å². The van der Waals surface area contributed by atoms with Gasteiger partial charge in [0.1, 0.15) is 11.6 Å². The molecule has 2 aromatic rings. The summed E-state index contributed by atoms with van der Waals surface area (Å²) in [6.45, 7) is 6.56. The summed E-state index contributed by atoms with van der Waals surface area (Å²) >= 11 is 0. The van der Waals surface area contributed by atoms with Crippen LogP contribution in [0.25, 0.3) is 0 Å². The molecular formula is C22H28FN5O. The number of aromatic nitrogens is 1. The standard InChI is InChI=1S/C22H28FN5O/c23-19-5-3-4-18(16-19)20-17-24-9-11-28(20)22(29)7-10-26-12-14-27(15-13-26)21-6-1-2-8-25-21/h1-6,8,16,20,24H,7,9-15,17H2. The molecule has 1 aromatic heterocycles. The smallest absolute Gasteiger partial charge is 0.224 e. The SMILES string of the molecule is O=C(CCN1CCN(c2ccccn2)CC1)N1CCNCC1c1cccc(F)c1. The van der Waals surface area contributed by atoms with E-state index in [0.717, 1.165) is 50.6 Å². The Hall–Kier alpha value is -2.51. The molecule has 0 aliphatic carbocycles. The number of hydrogen-bond donors (Lipinski definition) is 1. The number of hydrogen-bond acceptors (Lipinski definition) is 5. The first-order valence-electron chi connectivity index (χ1n) is 10.3. The van der Waals surface area contributed by atoms with Gasteiger partial charge in [-0.3, -0.25) is 9.69 Å². The Morgan fingerprint density at radius 3 is 2.72 bits per heavy atom. The van der Waals surface area contributed by atoms with Crippen molar-refractivity contribution in [3.63, 3.8) is 0 Å². The van der Waals surface area contributed by atoms with Crippen LogP contribution in [0.4, 0.5) is 10.2 Å². The lowest BCUT2D eigenvalue weighted by Crippen LogP contribution is -2.50. The topological polar surface area (TPSA) is 51.7 Å². The van der Waals surface area contributed by atoms with E-state index in [0.29, 0.717) is 19.5 Å². The Bertz CT molecular complexity index is 810. The van der Waals surface area contributed by atoms with Crippen molar-refractivity contribution < 1.29 is 9.18 Å². The number of carbonyl (C=O) groups is 1. The second-order valence-electron chi connectivity index (χ2n) is 7.63. The van der Waals surface area contributed by atoms with Crippen LogP contribution in [0.3, 0.4) is 0 Å². The van der Waals surface area contributed by atoms with Crippen molar-refractivity contribution in [1.29, 1.82) is 0 Å². The number of carbonyl (C=O) groups excluding carboxylic acids is 1. The van der Waals surface area contributed by atoms with Crippen LogP contribution in [-0.4, -0.2) is 73.0 Å². The maximum atomic E-state index is 13.7. The third-order valence-corrected chi connectivity index (χ3v) is 5.78. The molecule has 0 spiro atoms. The lowest BCUT2D eigenvalue weighted by atomic mass is 10.0. The molecule has 7 heteroatoms. The lowest BCUT2D eigenvalue weighted by molar-refractivity contribution is -0.135. The summed E-state index contributed by atoms with van der Waals surface area (Å²) in [5.74, 6) is 0.904. The van der Waals surface area contributed by atoms with Gasteiger partial charge in [0.15, 0.2) is 0 Å². The zero-order valence-corrected chi connectivity index (χ0v) is 16.6. The van der Waals surface area contributed by atoms with Crippen molar-refractivity contribution in [2.24, 2.45) is 0 Å². The van der Waals surface area contributed by atoms with Crippen LogP contribution in [0.1, 0.15) is 18.0 Å². The quantitative estimate of drug-likeness (QED) is 0.835. The number of nitrogens with one attached hydrogen (secondary N) is 1. The minimum absolute atomic E-state index is 0.104. The van der Waals surface area contributed by atoms with E-state index in [4.69, 9.17) is 0 Å². The van der Waals surface area contributed by atoms with Gasteiger partial charge in [-0.1, -0.05) is 18.2 Å². The third-order valence-electron chi connectivity index (χ3n) is 5.78. The molecule has 4 rings (SSSR count). The first-order valence-corrected chi connectivity index (χ1v) is 10.3. The number of rotatable bonds is 5. The number of amides is 1. The molecule has 154 valence electrons. The number of pyridine rings is 1. The molecule has 2 saturated heterocycles. The third kappa shape index (κ3) is 4.92. The first kappa shape index (κ1) is 19.8. The fourth-order valence-corrected chi connectivity index (χ4v) is 4.15. The summed E-state index contributed by atoms with van der Waals surface area (Å²) in [6, 6.07) is 12.5. The molecule has 29 heavy (non-hydrogen) atoms. The van der Waals surface area contributed by atoms with Crippen molar-refractivity contribution in [3.8, 4) is 0 Å². The zero-order valence-electron chi connectivity index (χ0n) is 16.6. The highest BCUT2D eigenvalue weighted by molar-refractivity contribution is 5.77. The van der Waals surface area contributed by atoms with Crippen molar-refractivity contribution >= 4 is 11.7 Å². The van der Waals surface area contributed by atoms with Crippen LogP contribution in [0, 0.1) is 5.82 Å². The number of piperazine rings is 2. The maximum absolute atomic E-state index is 13.7. The molecule has 6 nitrogen and oxygen atoms in total. The summed E-state index contributed by atoms with van der Waals surface area (Å²) in [4.78, 5) is 23.9. The molecule has 1 atom stereocenters. The molecule has 1 aromatic carbocycles. The van der Waals surface area contributed by atoms with E-state index in [1.807, 2.05) is 35.4 Å². The predicted octanol–water partition coefficient (Wildman–Crippen LogP) is 1.91. The minimum Gasteiger partial charge on any atom is -0.354 e. The predicted molar refractivity (Wildman–Crippen MR) is 111 cm³/mol.